The van der Waals surface area contributed by atoms with Crippen LogP contribution < -0.4 is 21.3 Å². The molecule has 23 heavy (non-hydrogen) atoms. The van der Waals surface area contributed by atoms with Gasteiger partial charge < -0.3 is 10.5 Å². The summed E-state index contributed by atoms with van der Waals surface area (Å²) in [5.74, 6) is 0.968. The minimum atomic E-state index is 0.0850. The quantitative estimate of drug-likeness (QED) is 0.759. The molecule has 4 nitrogen and oxygen atoms in total. The normalized spacial score (nSPS) is 22.0. The minimum absolute atomic E-state index is 0.0850. The van der Waals surface area contributed by atoms with Crippen molar-refractivity contribution in [2.75, 3.05) is 5.73 Å². The van der Waals surface area contributed by atoms with Gasteiger partial charge in [-0.25, -0.2) is 5.43 Å². The second kappa shape index (κ2) is 6.60. The molecule has 0 aromatic heterocycles. The zero-order chi connectivity index (χ0) is 16.4. The van der Waals surface area contributed by atoms with Gasteiger partial charge in [0.15, 0.2) is 0 Å². The number of anilines is 1. The number of ether oxygens (including phenoxy) is 1. The average molecular weight is 311 g/mol. The van der Waals surface area contributed by atoms with E-state index in [0.29, 0.717) is 0 Å². The van der Waals surface area contributed by atoms with Crippen LogP contribution in [0.5, 0.6) is 5.75 Å². The van der Waals surface area contributed by atoms with Crippen molar-refractivity contribution in [3.05, 3.63) is 59.2 Å². The fourth-order valence-electron chi connectivity index (χ4n) is 2.95. The van der Waals surface area contributed by atoms with E-state index in [1.165, 1.54) is 16.7 Å². The van der Waals surface area contributed by atoms with Crippen LogP contribution in [-0.4, -0.2) is 12.1 Å². The molecule has 3 rings (SSSR count). The summed E-state index contributed by atoms with van der Waals surface area (Å²) in [5, 5.41) is 0. The molecule has 0 radical (unpaired) electrons. The van der Waals surface area contributed by atoms with Crippen molar-refractivity contribution in [3.63, 3.8) is 0 Å². The molecular formula is C19H25N3O. The van der Waals surface area contributed by atoms with Gasteiger partial charge in [-0.05, 0) is 62.1 Å². The Bertz CT molecular complexity index is 669. The van der Waals surface area contributed by atoms with E-state index < -0.39 is 0 Å². The Morgan fingerprint density at radius 1 is 1.09 bits per heavy atom. The van der Waals surface area contributed by atoms with Gasteiger partial charge in [0.1, 0.15) is 11.9 Å². The molecule has 1 saturated heterocycles. The molecule has 3 unspecified atom stereocenters. The first-order valence-corrected chi connectivity index (χ1v) is 8.13. The van der Waals surface area contributed by atoms with Crippen molar-refractivity contribution in [2.24, 2.45) is 0 Å². The third-order valence-electron chi connectivity index (χ3n) is 4.49. The Balaban J connectivity index is 1.64. The molecule has 0 amide bonds. The molecule has 1 fully saturated rings. The summed E-state index contributed by atoms with van der Waals surface area (Å²) in [5.41, 5.74) is 16.9. The SMILES string of the molecule is Cc1ccc(C)c(OC(C)C2CC(c3ccc(N)cc3)NN2)c1. The average Bonchev–Trinajstić information content (AvgIpc) is 3.02. The second-order valence-corrected chi connectivity index (χ2v) is 6.44. The first-order chi connectivity index (χ1) is 11.0. The molecule has 1 heterocycles. The maximum atomic E-state index is 6.19. The molecule has 3 atom stereocenters. The monoisotopic (exact) mass is 311 g/mol. The second-order valence-electron chi connectivity index (χ2n) is 6.44. The highest BCUT2D eigenvalue weighted by Crippen LogP contribution is 2.27. The number of nitrogen functional groups attached to an aromatic ring is 1. The van der Waals surface area contributed by atoms with E-state index in [1.54, 1.807) is 0 Å². The van der Waals surface area contributed by atoms with Gasteiger partial charge in [0.05, 0.1) is 6.04 Å². The Morgan fingerprint density at radius 2 is 1.83 bits per heavy atom. The lowest BCUT2D eigenvalue weighted by Gasteiger charge is -2.22. The fraction of sp³-hybridized carbons (Fsp3) is 0.368. The molecule has 4 heteroatoms. The number of rotatable bonds is 4. The van der Waals surface area contributed by atoms with Crippen molar-refractivity contribution >= 4 is 5.69 Å². The van der Waals surface area contributed by atoms with Gasteiger partial charge >= 0.3 is 0 Å². The number of benzene rings is 2. The molecular weight excluding hydrogens is 286 g/mol. The van der Waals surface area contributed by atoms with Crippen molar-refractivity contribution in [3.8, 4) is 5.75 Å². The maximum Gasteiger partial charge on any atom is 0.122 e. The van der Waals surface area contributed by atoms with Gasteiger partial charge in [-0.15, -0.1) is 0 Å². The molecule has 0 bridgehead atoms. The molecule has 0 aliphatic carbocycles. The van der Waals surface area contributed by atoms with E-state index in [2.05, 4.69) is 62.0 Å². The van der Waals surface area contributed by atoms with E-state index in [4.69, 9.17) is 10.5 Å². The van der Waals surface area contributed by atoms with Crippen LogP contribution in [0, 0.1) is 13.8 Å². The van der Waals surface area contributed by atoms with Gasteiger partial charge in [0.2, 0.25) is 0 Å². The summed E-state index contributed by atoms with van der Waals surface area (Å²) in [6.45, 7) is 6.29. The van der Waals surface area contributed by atoms with Crippen molar-refractivity contribution in [2.45, 2.75) is 45.4 Å². The molecule has 1 aliphatic heterocycles. The number of hydrogen-bond acceptors (Lipinski definition) is 4. The lowest BCUT2D eigenvalue weighted by molar-refractivity contribution is 0.175. The van der Waals surface area contributed by atoms with Gasteiger partial charge in [0, 0.05) is 11.7 Å². The summed E-state index contributed by atoms with van der Waals surface area (Å²) in [6.07, 6.45) is 1.07. The van der Waals surface area contributed by atoms with E-state index in [1.807, 2.05) is 12.1 Å². The first-order valence-electron chi connectivity index (χ1n) is 8.13. The molecule has 2 aromatic carbocycles. The fourth-order valence-corrected chi connectivity index (χ4v) is 2.95. The lowest BCUT2D eigenvalue weighted by atomic mass is 9.99. The number of nitrogens with two attached hydrogens (primary N) is 1. The smallest absolute Gasteiger partial charge is 0.122 e. The molecule has 0 spiro atoms. The van der Waals surface area contributed by atoms with Gasteiger partial charge in [0.25, 0.3) is 0 Å². The van der Waals surface area contributed by atoms with E-state index >= 15 is 0 Å². The first kappa shape index (κ1) is 15.8. The summed E-state index contributed by atoms with van der Waals surface area (Å²) in [7, 11) is 0. The largest absolute Gasteiger partial charge is 0.489 e. The molecule has 4 N–H and O–H groups in total. The van der Waals surface area contributed by atoms with Crippen LogP contribution in [-0.2, 0) is 0 Å². The summed E-state index contributed by atoms with van der Waals surface area (Å²) >= 11 is 0. The van der Waals surface area contributed by atoms with Crippen LogP contribution in [0.15, 0.2) is 42.5 Å². The molecule has 2 aromatic rings. The molecule has 0 saturated carbocycles. The van der Waals surface area contributed by atoms with Crippen molar-refractivity contribution in [1.29, 1.82) is 0 Å². The predicted octanol–water partition coefficient (Wildman–Crippen LogP) is 3.26. The van der Waals surface area contributed by atoms with Crippen molar-refractivity contribution in [1.82, 2.24) is 10.9 Å². The van der Waals surface area contributed by atoms with Crippen LogP contribution in [0.25, 0.3) is 0 Å². The molecule has 122 valence electrons. The summed E-state index contributed by atoms with van der Waals surface area (Å²) < 4.78 is 6.19. The number of hydrazine groups is 1. The van der Waals surface area contributed by atoms with Crippen LogP contribution in [0.1, 0.15) is 36.1 Å². The summed E-state index contributed by atoms with van der Waals surface area (Å²) in [6, 6.07) is 14.9. The highest BCUT2D eigenvalue weighted by molar-refractivity contribution is 5.40. The minimum Gasteiger partial charge on any atom is -0.489 e. The van der Waals surface area contributed by atoms with Crippen LogP contribution in [0.4, 0.5) is 5.69 Å². The van der Waals surface area contributed by atoms with E-state index in [-0.39, 0.29) is 18.2 Å². The third kappa shape index (κ3) is 3.66. The predicted molar refractivity (Wildman–Crippen MR) is 94.3 cm³/mol. The number of nitrogens with one attached hydrogen (secondary N) is 2. The molecule has 1 aliphatic rings. The highest BCUT2D eigenvalue weighted by Gasteiger charge is 2.30. The Kier molecular flexibility index (Phi) is 4.55. The highest BCUT2D eigenvalue weighted by atomic mass is 16.5. The topological polar surface area (TPSA) is 59.3 Å². The number of hydrogen-bond donors (Lipinski definition) is 3. The van der Waals surface area contributed by atoms with Gasteiger partial charge in [-0.3, -0.25) is 5.43 Å². The number of aryl methyl sites for hydroxylation is 2. The Hall–Kier alpha value is -2.04. The van der Waals surface area contributed by atoms with Gasteiger partial charge in [-0.1, -0.05) is 24.3 Å². The zero-order valence-corrected chi connectivity index (χ0v) is 14.0. The zero-order valence-electron chi connectivity index (χ0n) is 14.0. The lowest BCUT2D eigenvalue weighted by Crippen LogP contribution is -2.40. The van der Waals surface area contributed by atoms with Crippen LogP contribution in [0.3, 0.4) is 0 Å². The Morgan fingerprint density at radius 3 is 2.57 bits per heavy atom. The third-order valence-corrected chi connectivity index (χ3v) is 4.49. The summed E-state index contributed by atoms with van der Waals surface area (Å²) in [4.78, 5) is 0. The maximum absolute atomic E-state index is 6.19. The van der Waals surface area contributed by atoms with Crippen LogP contribution >= 0.6 is 0 Å². The van der Waals surface area contributed by atoms with E-state index in [9.17, 15) is 0 Å². The standard InChI is InChI=1S/C19H25N3O/c1-12-4-5-13(2)19(10-12)23-14(3)17-11-18(22-21-17)15-6-8-16(20)9-7-15/h4-10,14,17-18,21-22H,11,20H2,1-3H3. The van der Waals surface area contributed by atoms with Gasteiger partial charge in [-0.2, -0.15) is 0 Å². The Labute approximate surface area is 138 Å². The van der Waals surface area contributed by atoms with Crippen molar-refractivity contribution < 1.29 is 4.74 Å². The van der Waals surface area contributed by atoms with Crippen LogP contribution in [0.2, 0.25) is 0 Å². The van der Waals surface area contributed by atoms with E-state index in [0.717, 1.165) is 17.9 Å².